The van der Waals surface area contributed by atoms with Crippen molar-refractivity contribution >= 4 is 23.2 Å². The van der Waals surface area contributed by atoms with E-state index in [9.17, 15) is 9.59 Å². The van der Waals surface area contributed by atoms with Gasteiger partial charge in [-0.2, -0.15) is 0 Å². The number of piperidine rings is 1. The van der Waals surface area contributed by atoms with Crippen molar-refractivity contribution in [2.75, 3.05) is 19.7 Å². The first kappa shape index (κ1) is 17.7. The SMILES string of the molecule is O=C(NC1CCCC1)c1cc2c(s1)C1(CCN(C(=O)C3CC3)CC1)OCC2. The average Bonchev–Trinajstić information content (AvgIpc) is 3.21. The topological polar surface area (TPSA) is 58.6 Å². The molecule has 2 amide bonds. The summed E-state index contributed by atoms with van der Waals surface area (Å²) in [5.74, 6) is 0.705. The lowest BCUT2D eigenvalue weighted by Gasteiger charge is -2.43. The maximum absolute atomic E-state index is 12.7. The monoisotopic (exact) mass is 388 g/mol. The maximum atomic E-state index is 12.7. The van der Waals surface area contributed by atoms with Gasteiger partial charge in [0.25, 0.3) is 5.91 Å². The Kier molecular flexibility index (Phi) is 4.51. The van der Waals surface area contributed by atoms with Gasteiger partial charge in [0.15, 0.2) is 0 Å². The Morgan fingerprint density at radius 3 is 2.59 bits per heavy atom. The Morgan fingerprint density at radius 2 is 1.89 bits per heavy atom. The molecule has 1 aromatic rings. The lowest BCUT2D eigenvalue weighted by Crippen LogP contribution is -2.48. The summed E-state index contributed by atoms with van der Waals surface area (Å²) < 4.78 is 6.30. The summed E-state index contributed by atoms with van der Waals surface area (Å²) >= 11 is 1.62. The van der Waals surface area contributed by atoms with Gasteiger partial charge in [0.2, 0.25) is 5.91 Å². The second-order valence-corrected chi connectivity index (χ2v) is 9.66. The van der Waals surface area contributed by atoms with Crippen LogP contribution in [0.2, 0.25) is 0 Å². The van der Waals surface area contributed by atoms with Crippen molar-refractivity contribution in [3.63, 3.8) is 0 Å². The molecule has 3 heterocycles. The molecule has 2 aliphatic heterocycles. The molecule has 4 aliphatic rings. The van der Waals surface area contributed by atoms with E-state index in [1.807, 2.05) is 4.90 Å². The Morgan fingerprint density at radius 1 is 1.15 bits per heavy atom. The van der Waals surface area contributed by atoms with Gasteiger partial charge in [-0.05, 0) is 56.6 Å². The van der Waals surface area contributed by atoms with Crippen LogP contribution >= 0.6 is 11.3 Å². The van der Waals surface area contributed by atoms with Gasteiger partial charge in [0.05, 0.1) is 11.5 Å². The fourth-order valence-corrected chi connectivity index (χ4v) is 6.22. The Bertz CT molecular complexity index is 741. The van der Waals surface area contributed by atoms with Crippen LogP contribution in [0, 0.1) is 5.92 Å². The lowest BCUT2D eigenvalue weighted by molar-refractivity contribution is -0.141. The molecular formula is C21H28N2O3S. The molecule has 0 atom stereocenters. The van der Waals surface area contributed by atoms with Crippen LogP contribution in [0.5, 0.6) is 0 Å². The van der Waals surface area contributed by atoms with Gasteiger partial charge < -0.3 is 15.0 Å². The first-order chi connectivity index (χ1) is 13.1. The van der Waals surface area contributed by atoms with E-state index in [4.69, 9.17) is 4.74 Å². The van der Waals surface area contributed by atoms with Gasteiger partial charge in [-0.3, -0.25) is 9.59 Å². The number of rotatable bonds is 3. The number of amides is 2. The van der Waals surface area contributed by atoms with Crippen molar-refractivity contribution < 1.29 is 14.3 Å². The molecule has 1 spiro atoms. The van der Waals surface area contributed by atoms with Crippen molar-refractivity contribution in [2.24, 2.45) is 5.92 Å². The summed E-state index contributed by atoms with van der Waals surface area (Å²) in [6.07, 6.45) is 9.36. The van der Waals surface area contributed by atoms with Crippen LogP contribution in [0.15, 0.2) is 6.07 Å². The van der Waals surface area contributed by atoms with Gasteiger partial charge >= 0.3 is 0 Å². The van der Waals surface area contributed by atoms with E-state index < -0.39 is 0 Å². The third-order valence-corrected chi connectivity index (χ3v) is 8.06. The molecule has 0 unspecified atom stereocenters. The molecule has 0 radical (unpaired) electrons. The largest absolute Gasteiger partial charge is 0.369 e. The number of carbonyl (C=O) groups is 2. The zero-order valence-corrected chi connectivity index (χ0v) is 16.6. The van der Waals surface area contributed by atoms with E-state index in [0.29, 0.717) is 18.6 Å². The number of fused-ring (bicyclic) bond motifs is 2. The molecule has 5 nitrogen and oxygen atoms in total. The molecular weight excluding hydrogens is 360 g/mol. The second kappa shape index (κ2) is 6.89. The Labute approximate surface area is 164 Å². The third kappa shape index (κ3) is 3.31. The number of carbonyl (C=O) groups excluding carboxylic acids is 2. The summed E-state index contributed by atoms with van der Waals surface area (Å²) in [5.41, 5.74) is 0.995. The smallest absolute Gasteiger partial charge is 0.261 e. The number of ether oxygens (including phenoxy) is 1. The minimum Gasteiger partial charge on any atom is -0.369 e. The van der Waals surface area contributed by atoms with Gasteiger partial charge in [-0.15, -0.1) is 11.3 Å². The number of thiophene rings is 1. The normalized spacial score (nSPS) is 24.8. The zero-order chi connectivity index (χ0) is 18.4. The minimum absolute atomic E-state index is 0.0813. The first-order valence-electron chi connectivity index (χ1n) is 10.5. The van der Waals surface area contributed by atoms with E-state index in [1.165, 1.54) is 23.3 Å². The highest BCUT2D eigenvalue weighted by molar-refractivity contribution is 7.14. The molecule has 5 rings (SSSR count). The molecule has 0 aromatic carbocycles. The van der Waals surface area contributed by atoms with Crippen LogP contribution in [0.25, 0.3) is 0 Å². The van der Waals surface area contributed by atoms with Crippen molar-refractivity contribution in [3.05, 3.63) is 21.4 Å². The van der Waals surface area contributed by atoms with Crippen LogP contribution in [-0.4, -0.2) is 42.5 Å². The third-order valence-electron chi connectivity index (χ3n) is 6.70. The number of nitrogens with zero attached hydrogens (tertiary/aromatic N) is 1. The summed E-state index contributed by atoms with van der Waals surface area (Å²) in [7, 11) is 0. The summed E-state index contributed by atoms with van der Waals surface area (Å²) in [5, 5.41) is 3.21. The number of nitrogens with one attached hydrogen (secondary N) is 1. The highest BCUT2D eigenvalue weighted by Crippen LogP contribution is 2.46. The quantitative estimate of drug-likeness (QED) is 0.865. The van der Waals surface area contributed by atoms with Gasteiger partial charge in [-0.25, -0.2) is 0 Å². The number of hydrogen-bond donors (Lipinski definition) is 1. The number of hydrogen-bond acceptors (Lipinski definition) is 4. The molecule has 1 N–H and O–H groups in total. The van der Waals surface area contributed by atoms with E-state index in [2.05, 4.69) is 11.4 Å². The molecule has 2 aliphatic carbocycles. The lowest BCUT2D eigenvalue weighted by atomic mass is 9.85. The molecule has 1 aromatic heterocycles. The number of likely N-dealkylation sites (tertiary alicyclic amines) is 1. The summed E-state index contributed by atoms with van der Waals surface area (Å²) in [4.78, 5) is 29.2. The highest BCUT2D eigenvalue weighted by atomic mass is 32.1. The highest BCUT2D eigenvalue weighted by Gasteiger charge is 2.45. The molecule has 0 bridgehead atoms. The van der Waals surface area contributed by atoms with E-state index in [-0.39, 0.29) is 17.4 Å². The van der Waals surface area contributed by atoms with Crippen LogP contribution in [0.1, 0.15) is 71.5 Å². The molecule has 27 heavy (non-hydrogen) atoms. The molecule has 2 saturated carbocycles. The average molecular weight is 389 g/mol. The van der Waals surface area contributed by atoms with Crippen LogP contribution in [0.4, 0.5) is 0 Å². The van der Waals surface area contributed by atoms with Gasteiger partial charge in [0, 0.05) is 29.9 Å². The predicted molar refractivity (Wildman–Crippen MR) is 104 cm³/mol. The zero-order valence-electron chi connectivity index (χ0n) is 15.8. The molecule has 1 saturated heterocycles. The van der Waals surface area contributed by atoms with Crippen molar-refractivity contribution in [1.29, 1.82) is 0 Å². The van der Waals surface area contributed by atoms with Gasteiger partial charge in [0.1, 0.15) is 5.60 Å². The molecule has 6 heteroatoms. The molecule has 3 fully saturated rings. The van der Waals surface area contributed by atoms with E-state index in [0.717, 1.165) is 62.9 Å². The summed E-state index contributed by atoms with van der Waals surface area (Å²) in [6, 6.07) is 2.44. The minimum atomic E-state index is -0.287. The summed E-state index contributed by atoms with van der Waals surface area (Å²) in [6.45, 7) is 2.26. The fourth-order valence-electron chi connectivity index (χ4n) is 4.91. The van der Waals surface area contributed by atoms with Crippen LogP contribution < -0.4 is 5.32 Å². The second-order valence-electron chi connectivity index (χ2n) is 8.61. The van der Waals surface area contributed by atoms with Crippen LogP contribution in [-0.2, 0) is 21.6 Å². The Balaban J connectivity index is 1.31. The van der Waals surface area contributed by atoms with Gasteiger partial charge in [-0.1, -0.05) is 12.8 Å². The van der Waals surface area contributed by atoms with Crippen LogP contribution in [0.3, 0.4) is 0 Å². The van der Waals surface area contributed by atoms with E-state index >= 15 is 0 Å². The van der Waals surface area contributed by atoms with E-state index in [1.54, 1.807) is 11.3 Å². The van der Waals surface area contributed by atoms with Crippen molar-refractivity contribution in [1.82, 2.24) is 10.2 Å². The van der Waals surface area contributed by atoms with Crippen molar-refractivity contribution in [3.8, 4) is 0 Å². The predicted octanol–water partition coefficient (Wildman–Crippen LogP) is 3.22. The standard InChI is InChI=1S/C21H28N2O3S/c24-19(22-16-3-1-2-4-16)17-13-15-7-12-26-21(18(15)27-17)8-10-23(11-9-21)20(25)14-5-6-14/h13-14,16H,1-12H2,(H,22,24). The maximum Gasteiger partial charge on any atom is 0.261 e. The fraction of sp³-hybridized carbons (Fsp3) is 0.714. The Hall–Kier alpha value is -1.40. The first-order valence-corrected chi connectivity index (χ1v) is 11.3. The van der Waals surface area contributed by atoms with Crippen molar-refractivity contribution in [2.45, 2.75) is 69.4 Å². The molecule has 146 valence electrons.